The summed E-state index contributed by atoms with van der Waals surface area (Å²) in [4.78, 5) is 13.2. The van der Waals surface area contributed by atoms with Gasteiger partial charge < -0.3 is 15.4 Å². The Morgan fingerprint density at radius 3 is 2.79 bits per heavy atom. The Morgan fingerprint density at radius 1 is 1.64 bits per heavy atom. The standard InChI is InChI=1S/C9H20N2O2S/c1-11(5-6-13-2)9(12)8(10)4-7-14-3/h8H,4-7,10H2,1-3H3/t8-/m0/s1. The average Bonchev–Trinajstić information content (AvgIpc) is 2.21. The molecule has 0 bridgehead atoms. The molecular formula is C9H20N2O2S. The van der Waals surface area contributed by atoms with E-state index in [1.165, 1.54) is 0 Å². The highest BCUT2D eigenvalue weighted by atomic mass is 32.2. The Kier molecular flexibility index (Phi) is 7.93. The second-order valence-corrected chi connectivity index (χ2v) is 4.13. The number of carbonyl (C=O) groups excluding carboxylic acids is 1. The van der Waals surface area contributed by atoms with E-state index in [0.717, 1.165) is 12.2 Å². The molecule has 0 aromatic rings. The summed E-state index contributed by atoms with van der Waals surface area (Å²) < 4.78 is 4.88. The number of likely N-dealkylation sites (N-methyl/N-ethyl adjacent to an activating group) is 1. The number of nitrogens with two attached hydrogens (primary N) is 1. The summed E-state index contributed by atoms with van der Waals surface area (Å²) >= 11 is 1.70. The van der Waals surface area contributed by atoms with Crippen molar-refractivity contribution in [1.82, 2.24) is 4.90 Å². The Labute approximate surface area is 90.2 Å². The van der Waals surface area contributed by atoms with Crippen molar-refractivity contribution in [1.29, 1.82) is 0 Å². The molecule has 4 nitrogen and oxygen atoms in total. The SMILES string of the molecule is COCCN(C)C(=O)[C@@H](N)CCSC. The highest BCUT2D eigenvalue weighted by Crippen LogP contribution is 2.01. The van der Waals surface area contributed by atoms with Gasteiger partial charge in [-0.15, -0.1) is 0 Å². The van der Waals surface area contributed by atoms with Gasteiger partial charge in [-0.3, -0.25) is 4.79 Å². The van der Waals surface area contributed by atoms with E-state index in [1.54, 1.807) is 30.8 Å². The van der Waals surface area contributed by atoms with Crippen LogP contribution in [0, 0.1) is 0 Å². The highest BCUT2D eigenvalue weighted by molar-refractivity contribution is 7.98. The molecule has 1 atom stereocenters. The minimum Gasteiger partial charge on any atom is -0.383 e. The van der Waals surface area contributed by atoms with E-state index in [4.69, 9.17) is 10.5 Å². The molecule has 0 rings (SSSR count). The van der Waals surface area contributed by atoms with Crippen LogP contribution in [-0.2, 0) is 9.53 Å². The van der Waals surface area contributed by atoms with E-state index in [2.05, 4.69) is 0 Å². The van der Waals surface area contributed by atoms with Crippen LogP contribution in [0.1, 0.15) is 6.42 Å². The molecule has 0 aromatic heterocycles. The van der Waals surface area contributed by atoms with Crippen LogP contribution in [0.25, 0.3) is 0 Å². The fraction of sp³-hybridized carbons (Fsp3) is 0.889. The molecule has 1 amide bonds. The molecule has 0 saturated carbocycles. The summed E-state index contributed by atoms with van der Waals surface area (Å²) in [6.07, 6.45) is 2.74. The summed E-state index contributed by atoms with van der Waals surface area (Å²) in [6.45, 7) is 1.15. The van der Waals surface area contributed by atoms with Gasteiger partial charge in [-0.2, -0.15) is 11.8 Å². The topological polar surface area (TPSA) is 55.6 Å². The van der Waals surface area contributed by atoms with Crippen LogP contribution >= 0.6 is 11.8 Å². The van der Waals surface area contributed by atoms with Crippen molar-refractivity contribution in [3.63, 3.8) is 0 Å². The van der Waals surface area contributed by atoms with Crippen molar-refractivity contribution in [2.45, 2.75) is 12.5 Å². The van der Waals surface area contributed by atoms with Crippen LogP contribution < -0.4 is 5.73 Å². The lowest BCUT2D eigenvalue weighted by atomic mass is 10.2. The molecule has 0 fully saturated rings. The molecule has 0 aliphatic heterocycles. The van der Waals surface area contributed by atoms with Crippen molar-refractivity contribution in [2.75, 3.05) is 39.3 Å². The quantitative estimate of drug-likeness (QED) is 0.664. The zero-order valence-electron chi connectivity index (χ0n) is 9.16. The molecular weight excluding hydrogens is 200 g/mol. The second kappa shape index (κ2) is 8.08. The van der Waals surface area contributed by atoms with Gasteiger partial charge in [-0.25, -0.2) is 0 Å². The number of hydrogen-bond acceptors (Lipinski definition) is 4. The maximum Gasteiger partial charge on any atom is 0.239 e. The monoisotopic (exact) mass is 220 g/mol. The number of ether oxygens (including phenoxy) is 1. The van der Waals surface area contributed by atoms with Crippen LogP contribution in [0.5, 0.6) is 0 Å². The first kappa shape index (κ1) is 13.7. The largest absolute Gasteiger partial charge is 0.383 e. The highest BCUT2D eigenvalue weighted by Gasteiger charge is 2.16. The van der Waals surface area contributed by atoms with E-state index in [-0.39, 0.29) is 11.9 Å². The van der Waals surface area contributed by atoms with Gasteiger partial charge in [0.15, 0.2) is 0 Å². The Bertz CT molecular complexity index is 151. The second-order valence-electron chi connectivity index (χ2n) is 3.14. The molecule has 0 saturated heterocycles. The number of methoxy groups -OCH3 is 1. The van der Waals surface area contributed by atoms with Gasteiger partial charge in [0.05, 0.1) is 12.6 Å². The third-order valence-corrected chi connectivity index (χ3v) is 2.60. The Balaban J connectivity index is 3.78. The minimum atomic E-state index is -0.371. The van der Waals surface area contributed by atoms with E-state index in [9.17, 15) is 4.79 Å². The summed E-state index contributed by atoms with van der Waals surface area (Å²) in [5.74, 6) is 0.918. The van der Waals surface area contributed by atoms with Crippen molar-refractivity contribution >= 4 is 17.7 Å². The lowest BCUT2D eigenvalue weighted by molar-refractivity contribution is -0.131. The third-order valence-electron chi connectivity index (χ3n) is 1.96. The molecule has 5 heteroatoms. The van der Waals surface area contributed by atoms with Crippen molar-refractivity contribution in [3.05, 3.63) is 0 Å². The first-order valence-corrected chi connectivity index (χ1v) is 6.01. The first-order chi connectivity index (χ1) is 6.63. The molecule has 0 unspecified atom stereocenters. The zero-order chi connectivity index (χ0) is 11.0. The Hall–Kier alpha value is -0.260. The van der Waals surface area contributed by atoms with Gasteiger partial charge in [0.1, 0.15) is 0 Å². The molecule has 0 spiro atoms. The lowest BCUT2D eigenvalue weighted by Gasteiger charge is -2.20. The summed E-state index contributed by atoms with van der Waals surface area (Å²) in [5.41, 5.74) is 5.73. The molecule has 2 N–H and O–H groups in total. The van der Waals surface area contributed by atoms with Crippen LogP contribution in [0.15, 0.2) is 0 Å². The first-order valence-electron chi connectivity index (χ1n) is 4.62. The van der Waals surface area contributed by atoms with Crippen molar-refractivity contribution < 1.29 is 9.53 Å². The van der Waals surface area contributed by atoms with Gasteiger partial charge in [0.25, 0.3) is 0 Å². The molecule has 0 radical (unpaired) electrons. The number of carbonyl (C=O) groups is 1. The van der Waals surface area contributed by atoms with E-state index >= 15 is 0 Å². The maximum atomic E-state index is 11.6. The van der Waals surface area contributed by atoms with E-state index in [0.29, 0.717) is 13.2 Å². The molecule has 0 aliphatic rings. The Morgan fingerprint density at radius 2 is 2.29 bits per heavy atom. The summed E-state index contributed by atoms with van der Waals surface area (Å²) in [7, 11) is 3.37. The molecule has 0 heterocycles. The van der Waals surface area contributed by atoms with Gasteiger partial charge in [-0.05, 0) is 18.4 Å². The number of rotatable bonds is 7. The fourth-order valence-corrected chi connectivity index (χ4v) is 1.48. The van der Waals surface area contributed by atoms with Gasteiger partial charge in [0.2, 0.25) is 5.91 Å². The number of thioether (sulfide) groups is 1. The fourth-order valence-electron chi connectivity index (χ4n) is 0.990. The molecule has 0 aromatic carbocycles. The predicted molar refractivity (Wildman–Crippen MR) is 60.5 cm³/mol. The van der Waals surface area contributed by atoms with Crippen LogP contribution in [0.2, 0.25) is 0 Å². The third kappa shape index (κ3) is 5.47. The van der Waals surface area contributed by atoms with E-state index in [1.807, 2.05) is 6.26 Å². The summed E-state index contributed by atoms with van der Waals surface area (Å²) in [5, 5.41) is 0. The smallest absolute Gasteiger partial charge is 0.239 e. The van der Waals surface area contributed by atoms with Gasteiger partial charge in [0, 0.05) is 20.7 Å². The minimum absolute atomic E-state index is 0.00361. The van der Waals surface area contributed by atoms with Gasteiger partial charge in [-0.1, -0.05) is 0 Å². The predicted octanol–water partition coefficient (Wildman–Crippen LogP) is 0.172. The van der Waals surface area contributed by atoms with Crippen LogP contribution in [0.3, 0.4) is 0 Å². The zero-order valence-corrected chi connectivity index (χ0v) is 9.97. The average molecular weight is 220 g/mol. The van der Waals surface area contributed by atoms with E-state index < -0.39 is 0 Å². The normalized spacial score (nSPS) is 12.6. The van der Waals surface area contributed by atoms with Crippen molar-refractivity contribution in [3.8, 4) is 0 Å². The number of hydrogen-bond donors (Lipinski definition) is 1. The van der Waals surface area contributed by atoms with Crippen LogP contribution in [-0.4, -0.2) is 56.2 Å². The molecule has 84 valence electrons. The molecule has 14 heavy (non-hydrogen) atoms. The number of nitrogens with zero attached hydrogens (tertiary/aromatic N) is 1. The lowest BCUT2D eigenvalue weighted by Crippen LogP contribution is -2.43. The van der Waals surface area contributed by atoms with Crippen molar-refractivity contribution in [2.24, 2.45) is 5.73 Å². The summed E-state index contributed by atoms with van der Waals surface area (Å²) in [6, 6.07) is -0.371. The maximum absolute atomic E-state index is 11.6. The number of amides is 1. The van der Waals surface area contributed by atoms with Gasteiger partial charge >= 0.3 is 0 Å². The molecule has 0 aliphatic carbocycles. The van der Waals surface area contributed by atoms with Crippen LogP contribution in [0.4, 0.5) is 0 Å².